The third kappa shape index (κ3) is 3.74. The first kappa shape index (κ1) is 16.5. The van der Waals surface area contributed by atoms with Gasteiger partial charge in [-0.15, -0.1) is 11.3 Å². The minimum absolute atomic E-state index is 0.0826. The molecule has 0 atom stereocenters. The van der Waals surface area contributed by atoms with Gasteiger partial charge in [0.15, 0.2) is 6.73 Å². The molecule has 0 aliphatic carbocycles. The van der Waals surface area contributed by atoms with E-state index in [4.69, 9.17) is 16.3 Å². The molecule has 0 aliphatic rings. The molecule has 0 saturated carbocycles. The first-order valence-electron chi connectivity index (χ1n) is 6.98. The minimum Gasteiger partial charge on any atom is -0.470 e. The van der Waals surface area contributed by atoms with Crippen LogP contribution in [0.4, 0.5) is 10.1 Å². The number of hydrogen-bond donors (Lipinski definition) is 1. The summed E-state index contributed by atoms with van der Waals surface area (Å²) in [5, 5.41) is 8.93. The van der Waals surface area contributed by atoms with Crippen molar-refractivity contribution < 1.29 is 13.9 Å². The SMILES string of the molecule is Cc1ccsc1C(=O)Nc1cnn(COc2ccc(F)cc2Cl)c1. The van der Waals surface area contributed by atoms with Crippen LogP contribution in [0.2, 0.25) is 5.02 Å². The highest BCUT2D eigenvalue weighted by Crippen LogP contribution is 2.25. The Morgan fingerprint density at radius 2 is 2.29 bits per heavy atom. The van der Waals surface area contributed by atoms with E-state index in [0.717, 1.165) is 5.56 Å². The topological polar surface area (TPSA) is 56.2 Å². The van der Waals surface area contributed by atoms with Gasteiger partial charge in [0, 0.05) is 0 Å². The molecule has 0 radical (unpaired) electrons. The summed E-state index contributed by atoms with van der Waals surface area (Å²) >= 11 is 7.28. The second kappa shape index (κ2) is 7.02. The summed E-state index contributed by atoms with van der Waals surface area (Å²) in [5.74, 6) is -0.252. The van der Waals surface area contributed by atoms with E-state index in [0.29, 0.717) is 16.3 Å². The Hall–Kier alpha value is -2.38. The number of anilines is 1. The van der Waals surface area contributed by atoms with Crippen LogP contribution < -0.4 is 10.1 Å². The van der Waals surface area contributed by atoms with Crippen LogP contribution in [-0.2, 0) is 6.73 Å². The van der Waals surface area contributed by atoms with Crippen LogP contribution in [0.15, 0.2) is 42.0 Å². The maximum atomic E-state index is 13.0. The molecule has 1 N–H and O–H groups in total. The van der Waals surface area contributed by atoms with E-state index in [1.807, 2.05) is 18.4 Å². The number of carbonyl (C=O) groups is 1. The number of carbonyl (C=O) groups excluding carboxylic acids is 1. The van der Waals surface area contributed by atoms with Crippen LogP contribution in [0.5, 0.6) is 5.75 Å². The molecule has 1 aromatic carbocycles. The van der Waals surface area contributed by atoms with Crippen LogP contribution in [0.1, 0.15) is 15.2 Å². The third-order valence-electron chi connectivity index (χ3n) is 3.21. The highest BCUT2D eigenvalue weighted by molar-refractivity contribution is 7.12. The number of hydrogen-bond acceptors (Lipinski definition) is 4. The molecule has 8 heteroatoms. The quantitative estimate of drug-likeness (QED) is 0.732. The summed E-state index contributed by atoms with van der Waals surface area (Å²) in [6.07, 6.45) is 3.16. The molecule has 0 unspecified atom stereocenters. The average molecular weight is 366 g/mol. The van der Waals surface area contributed by atoms with Crippen LogP contribution in [-0.4, -0.2) is 15.7 Å². The zero-order valence-corrected chi connectivity index (χ0v) is 14.2. The Balaban J connectivity index is 1.61. The van der Waals surface area contributed by atoms with Gasteiger partial charge in [-0.05, 0) is 42.1 Å². The standard InChI is InChI=1S/C16H13ClFN3O2S/c1-10-4-5-24-15(10)16(22)20-12-7-19-21(8-12)9-23-14-3-2-11(18)6-13(14)17/h2-8H,9H2,1H3,(H,20,22). The molecule has 0 aliphatic heterocycles. The molecular weight excluding hydrogens is 353 g/mol. The summed E-state index contributed by atoms with van der Waals surface area (Å²) in [7, 11) is 0. The smallest absolute Gasteiger partial charge is 0.266 e. The van der Waals surface area contributed by atoms with Crippen molar-refractivity contribution in [3.63, 3.8) is 0 Å². The van der Waals surface area contributed by atoms with E-state index < -0.39 is 5.82 Å². The first-order valence-corrected chi connectivity index (χ1v) is 8.24. The Kier molecular flexibility index (Phi) is 4.82. The number of halogens is 2. The van der Waals surface area contributed by atoms with Crippen molar-refractivity contribution in [3.8, 4) is 5.75 Å². The van der Waals surface area contributed by atoms with Gasteiger partial charge in [0.05, 0.1) is 28.0 Å². The van der Waals surface area contributed by atoms with Gasteiger partial charge in [-0.2, -0.15) is 5.10 Å². The monoisotopic (exact) mass is 365 g/mol. The lowest BCUT2D eigenvalue weighted by atomic mass is 10.3. The first-order chi connectivity index (χ1) is 11.5. The Labute approximate surface area is 146 Å². The number of nitrogens with zero attached hydrogens (tertiary/aromatic N) is 2. The van der Waals surface area contributed by atoms with Gasteiger partial charge < -0.3 is 10.1 Å². The van der Waals surface area contributed by atoms with Crippen molar-refractivity contribution in [2.24, 2.45) is 0 Å². The second-order valence-corrected chi connectivity index (χ2v) is 6.33. The van der Waals surface area contributed by atoms with Crippen molar-refractivity contribution in [3.05, 3.63) is 63.3 Å². The molecule has 3 rings (SSSR count). The summed E-state index contributed by atoms with van der Waals surface area (Å²) in [5.41, 5.74) is 1.49. The normalized spacial score (nSPS) is 10.6. The zero-order valence-electron chi connectivity index (χ0n) is 12.6. The lowest BCUT2D eigenvalue weighted by Gasteiger charge is -2.07. The summed E-state index contributed by atoms with van der Waals surface area (Å²) in [6.45, 7) is 1.97. The lowest BCUT2D eigenvalue weighted by Crippen LogP contribution is -2.11. The number of ether oxygens (including phenoxy) is 1. The number of rotatable bonds is 5. The molecule has 124 valence electrons. The largest absolute Gasteiger partial charge is 0.470 e. The van der Waals surface area contributed by atoms with E-state index >= 15 is 0 Å². The van der Waals surface area contributed by atoms with Crippen molar-refractivity contribution in [2.75, 3.05) is 5.32 Å². The molecule has 0 fully saturated rings. The van der Waals surface area contributed by atoms with Gasteiger partial charge in [0.2, 0.25) is 0 Å². The zero-order chi connectivity index (χ0) is 17.1. The van der Waals surface area contributed by atoms with E-state index in [1.165, 1.54) is 40.4 Å². The molecule has 3 aromatic rings. The van der Waals surface area contributed by atoms with Gasteiger partial charge in [0.25, 0.3) is 5.91 Å². The van der Waals surface area contributed by atoms with Crippen molar-refractivity contribution in [1.82, 2.24) is 9.78 Å². The highest BCUT2D eigenvalue weighted by atomic mass is 35.5. The molecule has 5 nitrogen and oxygen atoms in total. The van der Waals surface area contributed by atoms with Crippen molar-refractivity contribution >= 4 is 34.5 Å². The van der Waals surface area contributed by atoms with Crippen molar-refractivity contribution in [2.45, 2.75) is 13.7 Å². The predicted molar refractivity (Wildman–Crippen MR) is 91.3 cm³/mol. The van der Waals surface area contributed by atoms with Gasteiger partial charge in [0.1, 0.15) is 11.6 Å². The molecule has 0 bridgehead atoms. The van der Waals surface area contributed by atoms with E-state index in [-0.39, 0.29) is 17.7 Å². The van der Waals surface area contributed by atoms with Gasteiger partial charge in [-0.1, -0.05) is 11.6 Å². The summed E-state index contributed by atoms with van der Waals surface area (Å²) in [6, 6.07) is 5.78. The molecule has 0 saturated heterocycles. The fourth-order valence-corrected chi connectivity index (χ4v) is 3.06. The Morgan fingerprint density at radius 1 is 1.46 bits per heavy atom. The number of thiophene rings is 1. The second-order valence-electron chi connectivity index (χ2n) is 5.00. The number of aromatic nitrogens is 2. The fourth-order valence-electron chi connectivity index (χ4n) is 2.02. The van der Waals surface area contributed by atoms with Gasteiger partial charge in [-0.25, -0.2) is 9.07 Å². The summed E-state index contributed by atoms with van der Waals surface area (Å²) in [4.78, 5) is 12.8. The number of amides is 1. The van der Waals surface area contributed by atoms with Crippen LogP contribution in [0, 0.1) is 12.7 Å². The maximum Gasteiger partial charge on any atom is 0.266 e. The number of benzene rings is 1. The number of aryl methyl sites for hydroxylation is 1. The Bertz CT molecular complexity index is 878. The molecular formula is C16H13ClFN3O2S. The third-order valence-corrected chi connectivity index (χ3v) is 4.52. The Morgan fingerprint density at radius 3 is 3.00 bits per heavy atom. The van der Waals surface area contributed by atoms with E-state index in [1.54, 1.807) is 6.20 Å². The van der Waals surface area contributed by atoms with Crippen LogP contribution >= 0.6 is 22.9 Å². The van der Waals surface area contributed by atoms with Gasteiger partial charge >= 0.3 is 0 Å². The number of nitrogens with one attached hydrogen (secondary N) is 1. The highest BCUT2D eigenvalue weighted by Gasteiger charge is 2.12. The molecule has 1 amide bonds. The van der Waals surface area contributed by atoms with Crippen LogP contribution in [0.3, 0.4) is 0 Å². The lowest BCUT2D eigenvalue weighted by molar-refractivity contribution is 0.103. The predicted octanol–water partition coefficient (Wildman–Crippen LogP) is 4.33. The molecule has 0 spiro atoms. The molecule has 24 heavy (non-hydrogen) atoms. The minimum atomic E-state index is -0.430. The summed E-state index contributed by atoms with van der Waals surface area (Å²) < 4.78 is 20.0. The van der Waals surface area contributed by atoms with E-state index in [9.17, 15) is 9.18 Å². The average Bonchev–Trinajstić information content (AvgIpc) is 3.15. The maximum absolute atomic E-state index is 13.0. The van der Waals surface area contributed by atoms with Crippen LogP contribution in [0.25, 0.3) is 0 Å². The van der Waals surface area contributed by atoms with E-state index in [2.05, 4.69) is 10.4 Å². The fraction of sp³-hybridized carbons (Fsp3) is 0.125. The molecule has 2 aromatic heterocycles. The molecule has 2 heterocycles. The van der Waals surface area contributed by atoms with Gasteiger partial charge in [-0.3, -0.25) is 4.79 Å². The van der Waals surface area contributed by atoms with Crippen molar-refractivity contribution in [1.29, 1.82) is 0 Å².